The molecule has 0 aromatic rings. The van der Waals surface area contributed by atoms with E-state index in [9.17, 15) is 0 Å². The van der Waals surface area contributed by atoms with Crippen molar-refractivity contribution in [1.29, 1.82) is 0 Å². The maximum Gasteiger partial charge on any atom is 0.0137 e. The first-order valence-electron chi connectivity index (χ1n) is 4.86. The Morgan fingerprint density at radius 1 is 1.27 bits per heavy atom. The maximum atomic E-state index is 3.36. The van der Waals surface area contributed by atoms with E-state index >= 15 is 0 Å². The summed E-state index contributed by atoms with van der Waals surface area (Å²) >= 11 is 0. The second kappa shape index (κ2) is 3.40. The van der Waals surface area contributed by atoms with Crippen LogP contribution in [0.5, 0.6) is 0 Å². The van der Waals surface area contributed by atoms with Crippen LogP contribution in [0.3, 0.4) is 0 Å². The molecule has 0 unspecified atom stereocenters. The van der Waals surface area contributed by atoms with Crippen LogP contribution in [-0.2, 0) is 0 Å². The third kappa shape index (κ3) is 1.64. The highest BCUT2D eigenvalue weighted by Crippen LogP contribution is 2.32. The third-order valence-corrected chi connectivity index (χ3v) is 2.98. The van der Waals surface area contributed by atoms with Gasteiger partial charge in [-0.3, -0.25) is 0 Å². The fourth-order valence-corrected chi connectivity index (χ4v) is 2.31. The van der Waals surface area contributed by atoms with Crippen LogP contribution in [0.1, 0.15) is 32.1 Å². The van der Waals surface area contributed by atoms with Gasteiger partial charge in [-0.25, -0.2) is 0 Å². The molecule has 0 bridgehead atoms. The Bertz CT molecular complexity index is 154. The van der Waals surface area contributed by atoms with Crippen molar-refractivity contribution in [2.24, 2.45) is 5.92 Å². The molecule has 0 radical (unpaired) electrons. The van der Waals surface area contributed by atoms with Gasteiger partial charge in [0.25, 0.3) is 0 Å². The summed E-state index contributed by atoms with van der Waals surface area (Å²) in [6.45, 7) is 2.33. The van der Waals surface area contributed by atoms with E-state index < -0.39 is 0 Å². The van der Waals surface area contributed by atoms with E-state index in [-0.39, 0.29) is 0 Å². The molecule has 1 heteroatoms. The summed E-state index contributed by atoms with van der Waals surface area (Å²) in [5, 5.41) is 3.36. The Morgan fingerprint density at radius 3 is 2.73 bits per heavy atom. The number of hydrogen-bond donors (Lipinski definition) is 1. The molecule has 2 aliphatic rings. The van der Waals surface area contributed by atoms with Gasteiger partial charge in [0.1, 0.15) is 0 Å². The van der Waals surface area contributed by atoms with E-state index in [0.717, 1.165) is 12.5 Å². The first-order valence-corrected chi connectivity index (χ1v) is 4.86. The van der Waals surface area contributed by atoms with Crippen molar-refractivity contribution in [3.05, 3.63) is 11.6 Å². The second-order valence-corrected chi connectivity index (χ2v) is 3.71. The maximum absolute atomic E-state index is 3.36. The van der Waals surface area contributed by atoms with Crippen molar-refractivity contribution in [2.75, 3.05) is 13.1 Å². The Morgan fingerprint density at radius 2 is 2.09 bits per heavy atom. The minimum atomic E-state index is 0.970. The van der Waals surface area contributed by atoms with Crippen LogP contribution in [0, 0.1) is 5.92 Å². The molecule has 1 fully saturated rings. The summed E-state index contributed by atoms with van der Waals surface area (Å²) in [5.41, 5.74) is 1.75. The predicted octanol–water partition coefficient (Wildman–Crippen LogP) is 2.10. The summed E-state index contributed by atoms with van der Waals surface area (Å²) in [6, 6.07) is 0. The van der Waals surface area contributed by atoms with Crippen molar-refractivity contribution in [2.45, 2.75) is 32.1 Å². The zero-order valence-corrected chi connectivity index (χ0v) is 7.10. The molecule has 2 rings (SSSR count). The molecule has 1 saturated carbocycles. The Balaban J connectivity index is 1.96. The van der Waals surface area contributed by atoms with Gasteiger partial charge in [-0.2, -0.15) is 0 Å². The quantitative estimate of drug-likeness (QED) is 0.566. The predicted molar refractivity (Wildman–Crippen MR) is 47.5 cm³/mol. The summed E-state index contributed by atoms with van der Waals surface area (Å²) in [4.78, 5) is 0. The van der Waals surface area contributed by atoms with E-state index in [1.165, 1.54) is 38.6 Å². The molecule has 0 aromatic carbocycles. The summed E-state index contributed by atoms with van der Waals surface area (Å²) in [7, 11) is 0. The third-order valence-electron chi connectivity index (χ3n) is 2.98. The van der Waals surface area contributed by atoms with Crippen molar-refractivity contribution in [1.82, 2.24) is 5.32 Å². The first-order chi connectivity index (χ1) is 5.47. The highest BCUT2D eigenvalue weighted by Gasteiger charge is 2.19. The van der Waals surface area contributed by atoms with Crippen molar-refractivity contribution >= 4 is 0 Å². The fourth-order valence-electron chi connectivity index (χ4n) is 2.31. The summed E-state index contributed by atoms with van der Waals surface area (Å²) in [6.07, 6.45) is 9.59. The molecule has 1 nitrogen and oxygen atoms in total. The average Bonchev–Trinajstić information content (AvgIpc) is 2.58. The van der Waals surface area contributed by atoms with Gasteiger partial charge in [-0.05, 0) is 31.7 Å². The molecule has 1 aliphatic heterocycles. The highest BCUT2D eigenvalue weighted by atomic mass is 14.8. The minimum absolute atomic E-state index is 0.970. The van der Waals surface area contributed by atoms with Gasteiger partial charge >= 0.3 is 0 Å². The minimum Gasteiger partial charge on any atom is -0.313 e. The molecule has 1 N–H and O–H groups in total. The number of nitrogens with one attached hydrogen (secondary N) is 1. The molecular weight excluding hydrogens is 134 g/mol. The van der Waals surface area contributed by atoms with Crippen LogP contribution >= 0.6 is 0 Å². The number of hydrogen-bond acceptors (Lipinski definition) is 1. The molecule has 0 spiro atoms. The van der Waals surface area contributed by atoms with E-state index in [4.69, 9.17) is 0 Å². The lowest BCUT2D eigenvalue weighted by Crippen LogP contribution is -2.22. The zero-order chi connectivity index (χ0) is 7.52. The van der Waals surface area contributed by atoms with Crippen LogP contribution in [-0.4, -0.2) is 13.1 Å². The molecule has 0 aromatic heterocycles. The Hall–Kier alpha value is -0.300. The van der Waals surface area contributed by atoms with Gasteiger partial charge in [0.05, 0.1) is 0 Å². The van der Waals surface area contributed by atoms with Crippen LogP contribution < -0.4 is 5.32 Å². The topological polar surface area (TPSA) is 12.0 Å². The monoisotopic (exact) mass is 151 g/mol. The van der Waals surface area contributed by atoms with E-state index in [0.29, 0.717) is 0 Å². The summed E-state index contributed by atoms with van der Waals surface area (Å²) < 4.78 is 0. The lowest BCUT2D eigenvalue weighted by Gasteiger charge is -2.19. The van der Waals surface area contributed by atoms with Crippen molar-refractivity contribution < 1.29 is 0 Å². The lowest BCUT2D eigenvalue weighted by atomic mass is 9.93. The molecular formula is C10H17N. The van der Waals surface area contributed by atoms with Crippen LogP contribution in [0.4, 0.5) is 0 Å². The fraction of sp³-hybridized carbons (Fsp3) is 0.800. The van der Waals surface area contributed by atoms with E-state index in [1.54, 1.807) is 5.57 Å². The van der Waals surface area contributed by atoms with E-state index in [1.807, 2.05) is 0 Å². The molecule has 1 heterocycles. The van der Waals surface area contributed by atoms with Crippen LogP contribution in [0.25, 0.3) is 0 Å². The van der Waals surface area contributed by atoms with Gasteiger partial charge in [0, 0.05) is 6.54 Å². The van der Waals surface area contributed by atoms with Gasteiger partial charge < -0.3 is 5.32 Å². The zero-order valence-electron chi connectivity index (χ0n) is 7.10. The smallest absolute Gasteiger partial charge is 0.0137 e. The number of rotatable bonds is 1. The Labute approximate surface area is 68.9 Å². The molecule has 0 saturated heterocycles. The molecule has 62 valence electrons. The largest absolute Gasteiger partial charge is 0.313 e. The van der Waals surface area contributed by atoms with Gasteiger partial charge in [0.15, 0.2) is 0 Å². The van der Waals surface area contributed by atoms with Crippen LogP contribution in [0.2, 0.25) is 0 Å². The first kappa shape index (κ1) is 7.35. The van der Waals surface area contributed by atoms with Crippen molar-refractivity contribution in [3.63, 3.8) is 0 Å². The SMILES string of the molecule is C1=C(C2CCCC2)CCNC1. The lowest BCUT2D eigenvalue weighted by molar-refractivity contribution is 0.570. The van der Waals surface area contributed by atoms with Gasteiger partial charge in [-0.1, -0.05) is 24.5 Å². The molecule has 0 atom stereocenters. The van der Waals surface area contributed by atoms with Crippen molar-refractivity contribution in [3.8, 4) is 0 Å². The van der Waals surface area contributed by atoms with Gasteiger partial charge in [0.2, 0.25) is 0 Å². The molecule has 1 aliphatic carbocycles. The summed E-state index contributed by atoms with van der Waals surface area (Å²) in [5.74, 6) is 0.970. The molecule has 0 amide bonds. The van der Waals surface area contributed by atoms with E-state index in [2.05, 4.69) is 11.4 Å². The Kier molecular flexibility index (Phi) is 2.27. The standard InChI is InChI=1S/C10H17N/c1-2-4-9(3-1)10-5-7-11-8-6-10/h5,9,11H,1-4,6-8H2. The average molecular weight is 151 g/mol. The van der Waals surface area contributed by atoms with Gasteiger partial charge in [-0.15, -0.1) is 0 Å². The molecule has 11 heavy (non-hydrogen) atoms. The van der Waals surface area contributed by atoms with Crippen LogP contribution in [0.15, 0.2) is 11.6 Å². The normalized spacial score (nSPS) is 27.1. The second-order valence-electron chi connectivity index (χ2n) is 3.71. The highest BCUT2D eigenvalue weighted by molar-refractivity contribution is 5.11.